The van der Waals surface area contributed by atoms with E-state index in [9.17, 15) is 18.0 Å². The summed E-state index contributed by atoms with van der Waals surface area (Å²) in [6.45, 7) is -0.279. The van der Waals surface area contributed by atoms with E-state index in [-0.39, 0.29) is 25.4 Å². The first-order chi connectivity index (χ1) is 9.88. The second-order valence-corrected chi connectivity index (χ2v) is 5.42. The van der Waals surface area contributed by atoms with Crippen LogP contribution in [-0.2, 0) is 4.79 Å². The summed E-state index contributed by atoms with van der Waals surface area (Å²) >= 11 is 0. The van der Waals surface area contributed by atoms with Crippen molar-refractivity contribution in [2.45, 2.75) is 37.9 Å². The first kappa shape index (κ1) is 15.7. The molecule has 0 aromatic heterocycles. The highest BCUT2D eigenvalue weighted by atomic mass is 19.4. The molecule has 1 aromatic carbocycles. The van der Waals surface area contributed by atoms with E-state index < -0.39 is 18.1 Å². The van der Waals surface area contributed by atoms with Crippen molar-refractivity contribution >= 4 is 11.7 Å². The van der Waals surface area contributed by atoms with Gasteiger partial charge in [-0.1, -0.05) is 24.6 Å². The van der Waals surface area contributed by atoms with E-state index in [1.54, 1.807) is 35.2 Å². The maximum atomic E-state index is 12.9. The Morgan fingerprint density at radius 1 is 1.24 bits per heavy atom. The molecule has 21 heavy (non-hydrogen) atoms. The zero-order valence-electron chi connectivity index (χ0n) is 11.5. The largest absolute Gasteiger partial charge is 0.480 e. The monoisotopic (exact) mass is 301 g/mol. The molecule has 0 heterocycles. The predicted molar refractivity (Wildman–Crippen MR) is 73.2 cm³/mol. The van der Waals surface area contributed by atoms with Crippen molar-refractivity contribution < 1.29 is 23.1 Å². The lowest BCUT2D eigenvalue weighted by Gasteiger charge is -2.38. The van der Waals surface area contributed by atoms with Crippen molar-refractivity contribution in [1.82, 2.24) is 0 Å². The number of rotatable bonds is 4. The van der Waals surface area contributed by atoms with Crippen LogP contribution in [-0.4, -0.2) is 29.8 Å². The van der Waals surface area contributed by atoms with E-state index in [1.165, 1.54) is 0 Å². The molecule has 1 N–H and O–H groups in total. The summed E-state index contributed by atoms with van der Waals surface area (Å²) in [6.07, 6.45) is -3.04. The van der Waals surface area contributed by atoms with Crippen molar-refractivity contribution in [3.8, 4) is 0 Å². The Bertz CT molecular complexity index is 476. The first-order valence-electron chi connectivity index (χ1n) is 6.98. The van der Waals surface area contributed by atoms with Crippen molar-refractivity contribution in [3.63, 3.8) is 0 Å². The SMILES string of the molecule is O=C(O)CN(c1ccccc1)C1CCCC(C(F)(F)F)C1. The summed E-state index contributed by atoms with van der Waals surface area (Å²) in [5, 5.41) is 9.04. The third-order valence-corrected chi connectivity index (χ3v) is 3.94. The molecule has 2 atom stereocenters. The lowest BCUT2D eigenvalue weighted by Crippen LogP contribution is -2.44. The maximum Gasteiger partial charge on any atom is 0.391 e. The summed E-state index contributed by atoms with van der Waals surface area (Å²) in [4.78, 5) is 12.6. The Hall–Kier alpha value is -1.72. The molecule has 3 nitrogen and oxygen atoms in total. The quantitative estimate of drug-likeness (QED) is 0.922. The minimum atomic E-state index is -4.20. The topological polar surface area (TPSA) is 40.5 Å². The van der Waals surface area contributed by atoms with Gasteiger partial charge in [-0.15, -0.1) is 0 Å². The van der Waals surface area contributed by atoms with E-state index in [0.717, 1.165) is 0 Å². The minimum Gasteiger partial charge on any atom is -0.480 e. The molecule has 0 radical (unpaired) electrons. The molecule has 0 spiro atoms. The summed E-state index contributed by atoms with van der Waals surface area (Å²) in [5.41, 5.74) is 0.660. The highest BCUT2D eigenvalue weighted by molar-refractivity contribution is 5.74. The minimum absolute atomic E-state index is 0.0360. The van der Waals surface area contributed by atoms with Crippen LogP contribution in [0.3, 0.4) is 0 Å². The number of para-hydroxylation sites is 1. The van der Waals surface area contributed by atoms with Gasteiger partial charge in [0.2, 0.25) is 0 Å². The van der Waals surface area contributed by atoms with Crippen LogP contribution >= 0.6 is 0 Å². The fraction of sp³-hybridized carbons (Fsp3) is 0.533. The van der Waals surface area contributed by atoms with Gasteiger partial charge in [-0.05, 0) is 31.4 Å². The normalized spacial score (nSPS) is 22.8. The highest BCUT2D eigenvalue weighted by Crippen LogP contribution is 2.39. The van der Waals surface area contributed by atoms with Gasteiger partial charge < -0.3 is 10.0 Å². The molecule has 1 fully saturated rings. The predicted octanol–water partition coefficient (Wildman–Crippen LogP) is 3.70. The van der Waals surface area contributed by atoms with Gasteiger partial charge in [0, 0.05) is 11.7 Å². The average molecular weight is 301 g/mol. The standard InChI is InChI=1S/C15H18F3NO2/c16-15(17,18)11-5-4-8-13(9-11)19(10-14(20)21)12-6-2-1-3-7-12/h1-3,6-7,11,13H,4-5,8-10H2,(H,20,21). The third kappa shape index (κ3) is 4.12. The zero-order valence-corrected chi connectivity index (χ0v) is 11.5. The van der Waals surface area contributed by atoms with Crippen LogP contribution in [0.25, 0.3) is 0 Å². The van der Waals surface area contributed by atoms with Crippen LogP contribution < -0.4 is 4.90 Å². The summed E-state index contributed by atoms with van der Waals surface area (Å²) in [5.74, 6) is -2.37. The molecule has 1 aliphatic rings. The van der Waals surface area contributed by atoms with Gasteiger partial charge in [0.1, 0.15) is 6.54 Å². The number of aliphatic carboxylic acids is 1. The van der Waals surface area contributed by atoms with Gasteiger partial charge in [0.25, 0.3) is 0 Å². The van der Waals surface area contributed by atoms with Crippen LogP contribution in [0.2, 0.25) is 0 Å². The molecule has 116 valence electrons. The number of carboxylic acid groups (broad SMARTS) is 1. The number of alkyl halides is 3. The van der Waals surface area contributed by atoms with E-state index in [2.05, 4.69) is 0 Å². The van der Waals surface area contributed by atoms with E-state index in [4.69, 9.17) is 5.11 Å². The van der Waals surface area contributed by atoms with Crippen molar-refractivity contribution in [2.75, 3.05) is 11.4 Å². The van der Waals surface area contributed by atoms with Crippen LogP contribution in [0.4, 0.5) is 18.9 Å². The maximum absolute atomic E-state index is 12.9. The second-order valence-electron chi connectivity index (χ2n) is 5.42. The van der Waals surface area contributed by atoms with Crippen molar-refractivity contribution in [2.24, 2.45) is 5.92 Å². The number of carboxylic acids is 1. The molecule has 0 saturated heterocycles. The van der Waals surface area contributed by atoms with Crippen molar-refractivity contribution in [3.05, 3.63) is 30.3 Å². The number of hydrogen-bond acceptors (Lipinski definition) is 2. The second kappa shape index (κ2) is 6.37. The van der Waals surface area contributed by atoms with Crippen molar-refractivity contribution in [1.29, 1.82) is 0 Å². The van der Waals surface area contributed by atoms with Gasteiger partial charge in [-0.2, -0.15) is 13.2 Å². The Kier molecular flexibility index (Phi) is 4.75. The molecular formula is C15H18F3NO2. The number of hydrogen-bond donors (Lipinski definition) is 1. The number of carbonyl (C=O) groups is 1. The fourth-order valence-electron chi connectivity index (χ4n) is 2.94. The van der Waals surface area contributed by atoms with Crippen LogP contribution in [0.15, 0.2) is 30.3 Å². The zero-order chi connectivity index (χ0) is 15.5. The highest BCUT2D eigenvalue weighted by Gasteiger charge is 2.43. The van der Waals surface area contributed by atoms with Gasteiger partial charge in [-0.3, -0.25) is 4.79 Å². The number of halogens is 3. The smallest absolute Gasteiger partial charge is 0.391 e. The molecule has 6 heteroatoms. The van der Waals surface area contributed by atoms with E-state index in [1.807, 2.05) is 0 Å². The summed E-state index contributed by atoms with van der Waals surface area (Å²) < 4.78 is 38.7. The average Bonchev–Trinajstić information content (AvgIpc) is 2.45. The molecule has 0 bridgehead atoms. The number of anilines is 1. The molecule has 0 aliphatic heterocycles. The van der Waals surface area contributed by atoms with Gasteiger partial charge >= 0.3 is 12.1 Å². The van der Waals surface area contributed by atoms with Gasteiger partial charge in [-0.25, -0.2) is 0 Å². The lowest BCUT2D eigenvalue weighted by molar-refractivity contribution is -0.183. The Labute approximate surface area is 121 Å². The fourth-order valence-corrected chi connectivity index (χ4v) is 2.94. The molecule has 1 aromatic rings. The first-order valence-corrected chi connectivity index (χ1v) is 6.98. The van der Waals surface area contributed by atoms with E-state index >= 15 is 0 Å². The lowest BCUT2D eigenvalue weighted by atomic mass is 9.84. The summed E-state index contributed by atoms with van der Waals surface area (Å²) in [6, 6.07) is 8.40. The Balaban J connectivity index is 2.19. The number of benzene rings is 1. The van der Waals surface area contributed by atoms with Crippen LogP contribution in [0.5, 0.6) is 0 Å². The van der Waals surface area contributed by atoms with Crippen LogP contribution in [0.1, 0.15) is 25.7 Å². The summed E-state index contributed by atoms with van der Waals surface area (Å²) in [7, 11) is 0. The molecule has 2 rings (SSSR count). The van der Waals surface area contributed by atoms with E-state index in [0.29, 0.717) is 18.5 Å². The van der Waals surface area contributed by atoms with Gasteiger partial charge in [0.15, 0.2) is 0 Å². The number of nitrogens with zero attached hydrogens (tertiary/aromatic N) is 1. The Morgan fingerprint density at radius 3 is 2.48 bits per heavy atom. The molecule has 2 unspecified atom stereocenters. The third-order valence-electron chi connectivity index (χ3n) is 3.94. The van der Waals surface area contributed by atoms with Crippen LogP contribution in [0, 0.1) is 5.92 Å². The molecule has 1 saturated carbocycles. The Morgan fingerprint density at radius 2 is 1.90 bits per heavy atom. The molecular weight excluding hydrogens is 283 g/mol. The molecule has 1 aliphatic carbocycles. The van der Waals surface area contributed by atoms with Gasteiger partial charge in [0.05, 0.1) is 5.92 Å². The molecule has 0 amide bonds.